The minimum Gasteiger partial charge on any atom is -0.462 e. The first-order valence-electron chi connectivity index (χ1n) is 10.8. The summed E-state index contributed by atoms with van der Waals surface area (Å²) in [7, 11) is 0. The number of hydrogen-bond donors (Lipinski definition) is 0. The molecule has 0 spiro atoms. The third-order valence-electron chi connectivity index (χ3n) is 3.08. The van der Waals surface area contributed by atoms with Crippen LogP contribution in [0, 0.1) is 0 Å². The Morgan fingerprint density at radius 3 is 2.03 bits per heavy atom. The molecule has 0 saturated carbocycles. The minimum atomic E-state index is -2.10. The summed E-state index contributed by atoms with van der Waals surface area (Å²) in [5.74, 6) is -5.96. The van der Waals surface area contributed by atoms with Gasteiger partial charge < -0.3 is 23.7 Å². The predicted molar refractivity (Wildman–Crippen MR) is 95.4 cm³/mol. The number of esters is 5. The van der Waals surface area contributed by atoms with Crippen molar-refractivity contribution in [3.8, 4) is 5.75 Å². The van der Waals surface area contributed by atoms with Crippen molar-refractivity contribution in [1.29, 1.82) is 0 Å². The highest BCUT2D eigenvalue weighted by Gasteiger charge is 2.43. The van der Waals surface area contributed by atoms with Crippen LogP contribution < -0.4 is 4.74 Å². The molecule has 0 heterocycles. The Kier molecular flexibility index (Phi) is 6.95. The van der Waals surface area contributed by atoms with Crippen LogP contribution in [-0.2, 0) is 42.9 Å². The predicted octanol–water partition coefficient (Wildman–Crippen LogP) is 0.950. The van der Waals surface area contributed by atoms with Gasteiger partial charge in [0.15, 0.2) is 12.2 Å². The quantitative estimate of drug-likeness (QED) is 0.327. The summed E-state index contributed by atoms with van der Waals surface area (Å²) in [6, 6.07) is 7.47. The maximum Gasteiger partial charge on any atom is 0.356 e. The molecule has 29 heavy (non-hydrogen) atoms. The Balaban J connectivity index is 3.37. The van der Waals surface area contributed by atoms with Gasteiger partial charge in [0.1, 0.15) is 12.4 Å². The summed E-state index contributed by atoms with van der Waals surface area (Å²) in [5, 5.41) is 0. The highest BCUT2D eigenvalue weighted by atomic mass is 16.6. The van der Waals surface area contributed by atoms with E-state index in [0.29, 0.717) is 0 Å². The average molecular weight is 414 g/mol. The first kappa shape index (κ1) is 17.7. The molecule has 1 rings (SSSR count). The third kappa shape index (κ3) is 8.87. The number of ether oxygens (including phenoxy) is 5. The molecule has 158 valence electrons. The molecule has 0 fully saturated rings. The zero-order valence-corrected chi connectivity index (χ0v) is 15.2. The van der Waals surface area contributed by atoms with Gasteiger partial charge in [0.25, 0.3) is 0 Å². The SMILES string of the molecule is [2H]CC(=O)OC[C@@H](OC(=O)C[2H])[C@@H](OC(=O)C[2H])[C@H](OC(=O)C[2H])C(=O)Oc1ccccc1. The second kappa shape index (κ2) is 11.4. The first-order chi connectivity index (χ1) is 15.7. The molecule has 0 saturated heterocycles. The van der Waals surface area contributed by atoms with Crippen LogP contribution in [0.1, 0.15) is 33.1 Å². The van der Waals surface area contributed by atoms with E-state index in [1.807, 2.05) is 0 Å². The summed E-state index contributed by atoms with van der Waals surface area (Å²) >= 11 is 0. The topological polar surface area (TPSA) is 132 Å². The average Bonchev–Trinajstić information content (AvgIpc) is 2.83. The molecular formula is C19H22O10. The maximum absolute atomic E-state index is 12.8. The Morgan fingerprint density at radius 2 is 1.41 bits per heavy atom. The number of hydrogen-bond acceptors (Lipinski definition) is 10. The molecule has 1 aromatic carbocycles. The second-order valence-electron chi connectivity index (χ2n) is 5.31. The molecule has 0 bridgehead atoms. The van der Waals surface area contributed by atoms with Crippen LogP contribution in [0.15, 0.2) is 30.3 Å². The lowest BCUT2D eigenvalue weighted by Crippen LogP contribution is -2.51. The largest absolute Gasteiger partial charge is 0.462 e. The number of carbonyl (C=O) groups excluding carboxylic acids is 5. The van der Waals surface area contributed by atoms with Gasteiger partial charge in [-0.15, -0.1) is 0 Å². The highest BCUT2D eigenvalue weighted by molar-refractivity contribution is 5.82. The van der Waals surface area contributed by atoms with E-state index in [-0.39, 0.29) is 5.75 Å². The van der Waals surface area contributed by atoms with Crippen molar-refractivity contribution in [3.05, 3.63) is 30.3 Å². The van der Waals surface area contributed by atoms with Gasteiger partial charge in [0, 0.05) is 33.1 Å². The second-order valence-corrected chi connectivity index (χ2v) is 5.31. The van der Waals surface area contributed by atoms with E-state index in [4.69, 9.17) is 29.2 Å². The van der Waals surface area contributed by atoms with Crippen molar-refractivity contribution in [1.82, 2.24) is 0 Å². The van der Waals surface area contributed by atoms with E-state index < -0.39 is 82.4 Å². The van der Waals surface area contributed by atoms with Crippen molar-refractivity contribution >= 4 is 29.8 Å². The van der Waals surface area contributed by atoms with Gasteiger partial charge in [-0.2, -0.15) is 0 Å². The van der Waals surface area contributed by atoms with Gasteiger partial charge in [0.2, 0.25) is 6.10 Å². The summed E-state index contributed by atoms with van der Waals surface area (Å²) in [6.45, 7) is -4.40. The lowest BCUT2D eigenvalue weighted by atomic mass is 10.1. The molecule has 1 aromatic rings. The van der Waals surface area contributed by atoms with Crippen molar-refractivity contribution in [3.63, 3.8) is 0 Å². The van der Waals surface area contributed by atoms with E-state index in [1.165, 1.54) is 24.3 Å². The molecule has 0 aliphatic rings. The molecular weight excluding hydrogens is 388 g/mol. The van der Waals surface area contributed by atoms with Crippen LogP contribution in [-0.4, -0.2) is 54.8 Å². The first-order valence-corrected chi connectivity index (χ1v) is 7.93. The molecule has 3 atom stereocenters. The molecule has 0 amide bonds. The molecule has 10 nitrogen and oxygen atoms in total. The standard InChI is InChI=1S/C19H22O10/c1-11(20)25-10-16(26-12(2)21)17(27-13(3)22)18(28-14(4)23)19(24)29-15-8-6-5-7-9-15/h5-9,16-18H,10H2,1-4H3/t16-,17-,18+/m1/s1/i1D,2D,3D,4D. The fourth-order valence-electron chi connectivity index (χ4n) is 2.08. The van der Waals surface area contributed by atoms with E-state index in [2.05, 4.69) is 0 Å². The number of para-hydroxylation sites is 1. The zero-order valence-electron chi connectivity index (χ0n) is 19.2. The van der Waals surface area contributed by atoms with Gasteiger partial charge in [-0.1, -0.05) is 18.2 Å². The lowest BCUT2D eigenvalue weighted by molar-refractivity contribution is -0.194. The molecule has 0 aromatic heterocycles. The smallest absolute Gasteiger partial charge is 0.356 e. The monoisotopic (exact) mass is 414 g/mol. The lowest BCUT2D eigenvalue weighted by Gasteiger charge is -2.30. The Labute approximate surface area is 172 Å². The number of rotatable bonds is 9. The van der Waals surface area contributed by atoms with Crippen molar-refractivity contribution in [2.75, 3.05) is 6.61 Å². The summed E-state index contributed by atoms with van der Waals surface area (Å²) < 4.78 is 53.1. The molecule has 0 N–H and O–H groups in total. The van der Waals surface area contributed by atoms with Crippen LogP contribution >= 0.6 is 0 Å². The van der Waals surface area contributed by atoms with Crippen LogP contribution in [0.3, 0.4) is 0 Å². The molecule has 0 unspecified atom stereocenters. The van der Waals surface area contributed by atoms with E-state index in [0.717, 1.165) is 0 Å². The van der Waals surface area contributed by atoms with Crippen LogP contribution in [0.5, 0.6) is 5.75 Å². The Bertz CT molecular complexity index is 820. The summed E-state index contributed by atoms with van der Waals surface area (Å²) in [6.07, 6.45) is -5.85. The highest BCUT2D eigenvalue weighted by Crippen LogP contribution is 2.18. The van der Waals surface area contributed by atoms with Gasteiger partial charge in [-0.25, -0.2) is 4.79 Å². The fraction of sp³-hybridized carbons (Fsp3) is 0.421. The third-order valence-corrected chi connectivity index (χ3v) is 3.08. The molecule has 0 aliphatic heterocycles. The Hall–Kier alpha value is -3.43. The van der Waals surface area contributed by atoms with Crippen LogP contribution in [0.2, 0.25) is 0 Å². The number of benzene rings is 1. The summed E-state index contributed by atoms with van der Waals surface area (Å²) in [5.41, 5.74) is 0. The van der Waals surface area contributed by atoms with Crippen molar-refractivity contribution in [2.24, 2.45) is 0 Å². The molecule has 0 radical (unpaired) electrons. The van der Waals surface area contributed by atoms with Gasteiger partial charge in [-0.05, 0) is 12.1 Å². The molecule has 0 aliphatic carbocycles. The van der Waals surface area contributed by atoms with Gasteiger partial charge in [0.05, 0.1) is 0 Å². The van der Waals surface area contributed by atoms with Gasteiger partial charge >= 0.3 is 29.8 Å². The number of carbonyl (C=O) groups is 5. The van der Waals surface area contributed by atoms with Crippen LogP contribution in [0.25, 0.3) is 0 Å². The van der Waals surface area contributed by atoms with E-state index >= 15 is 0 Å². The van der Waals surface area contributed by atoms with Gasteiger partial charge in [-0.3, -0.25) is 19.2 Å². The van der Waals surface area contributed by atoms with Crippen LogP contribution in [0.4, 0.5) is 0 Å². The van der Waals surface area contributed by atoms with E-state index in [9.17, 15) is 24.0 Å². The van der Waals surface area contributed by atoms with Crippen molar-refractivity contribution < 1.29 is 53.1 Å². The van der Waals surface area contributed by atoms with Crippen molar-refractivity contribution in [2.45, 2.75) is 45.9 Å². The Morgan fingerprint density at radius 1 is 0.828 bits per heavy atom. The van der Waals surface area contributed by atoms with E-state index in [1.54, 1.807) is 6.07 Å². The molecule has 10 heteroatoms. The normalized spacial score (nSPS) is 15.0. The fourth-order valence-corrected chi connectivity index (χ4v) is 2.08. The summed E-state index contributed by atoms with van der Waals surface area (Å²) in [4.78, 5) is 59.6. The maximum atomic E-state index is 12.8. The zero-order chi connectivity index (χ0) is 24.8. The minimum absolute atomic E-state index is 0.0142.